The van der Waals surface area contributed by atoms with Crippen LogP contribution in [-0.2, 0) is 17.4 Å². The molecule has 1 aromatic carbocycles. The number of benzene rings is 1. The first-order valence-corrected chi connectivity index (χ1v) is 7.76. The van der Waals surface area contributed by atoms with Crippen LogP contribution in [0.25, 0.3) is 5.69 Å². The quantitative estimate of drug-likeness (QED) is 0.611. The SMILES string of the molecule is Cc1cc(F)c(-n2cnc(C(F)(F)F)n2)cc1[S+]([O-])CC(C)(F)F. The molecule has 1 heterocycles. The molecule has 0 amide bonds. The van der Waals surface area contributed by atoms with Crippen molar-refractivity contribution in [3.8, 4) is 5.69 Å². The van der Waals surface area contributed by atoms with Crippen molar-refractivity contribution in [2.75, 3.05) is 5.75 Å². The maximum atomic E-state index is 14.0. The number of aromatic nitrogens is 3. The van der Waals surface area contributed by atoms with Crippen LogP contribution < -0.4 is 0 Å². The minimum atomic E-state index is -4.82. The third-order valence-electron chi connectivity index (χ3n) is 2.87. The lowest BCUT2D eigenvalue weighted by atomic mass is 10.2. The molecule has 11 heteroatoms. The second kappa shape index (κ2) is 6.28. The van der Waals surface area contributed by atoms with Crippen molar-refractivity contribution in [2.24, 2.45) is 0 Å². The highest BCUT2D eigenvalue weighted by atomic mass is 32.2. The molecule has 4 nitrogen and oxygen atoms in total. The Morgan fingerprint density at radius 2 is 1.83 bits per heavy atom. The molecule has 0 saturated heterocycles. The summed E-state index contributed by atoms with van der Waals surface area (Å²) in [4.78, 5) is 2.91. The third-order valence-corrected chi connectivity index (χ3v) is 4.57. The molecular weight excluding hydrogens is 360 g/mol. The number of halogens is 6. The van der Waals surface area contributed by atoms with E-state index in [9.17, 15) is 30.9 Å². The molecule has 0 N–H and O–H groups in total. The predicted molar refractivity (Wildman–Crippen MR) is 73.0 cm³/mol. The standard InChI is InChI=1S/C13H11F6N3OS/c1-7-3-8(14)9(4-10(7)24(23)5-12(2,15)16)22-6-20-11(21-22)13(17,18)19/h3-4,6H,5H2,1-2H3. The first kappa shape index (κ1) is 18.6. The van der Waals surface area contributed by atoms with Crippen LogP contribution in [0, 0.1) is 12.7 Å². The zero-order valence-corrected chi connectivity index (χ0v) is 13.2. The highest BCUT2D eigenvalue weighted by Crippen LogP contribution is 2.29. The largest absolute Gasteiger partial charge is 0.611 e. The van der Waals surface area contributed by atoms with Crippen LogP contribution in [0.5, 0.6) is 0 Å². The minimum absolute atomic E-state index is 0.114. The van der Waals surface area contributed by atoms with Crippen LogP contribution in [0.1, 0.15) is 18.3 Å². The van der Waals surface area contributed by atoms with E-state index in [0.717, 1.165) is 12.1 Å². The molecule has 2 rings (SSSR count). The summed E-state index contributed by atoms with van der Waals surface area (Å²) in [5.41, 5.74) is -0.332. The summed E-state index contributed by atoms with van der Waals surface area (Å²) in [6, 6.07) is 1.83. The summed E-state index contributed by atoms with van der Waals surface area (Å²) in [6.45, 7) is 1.94. The molecule has 0 radical (unpaired) electrons. The van der Waals surface area contributed by atoms with Crippen molar-refractivity contribution in [2.45, 2.75) is 30.8 Å². The van der Waals surface area contributed by atoms with Gasteiger partial charge in [0.2, 0.25) is 0 Å². The molecule has 0 aliphatic carbocycles. The Morgan fingerprint density at radius 3 is 2.33 bits per heavy atom. The second-order valence-electron chi connectivity index (χ2n) is 5.14. The van der Waals surface area contributed by atoms with E-state index in [-0.39, 0.29) is 10.5 Å². The Morgan fingerprint density at radius 1 is 1.21 bits per heavy atom. The Bertz CT molecular complexity index is 740. The van der Waals surface area contributed by atoms with Crippen molar-refractivity contribution in [3.05, 3.63) is 35.7 Å². The first-order valence-electron chi connectivity index (χ1n) is 6.44. The molecule has 1 aromatic heterocycles. The smallest absolute Gasteiger partial charge is 0.453 e. The monoisotopic (exact) mass is 371 g/mol. The van der Waals surface area contributed by atoms with Gasteiger partial charge in [-0.3, -0.25) is 0 Å². The van der Waals surface area contributed by atoms with Gasteiger partial charge in [0.25, 0.3) is 11.7 Å². The van der Waals surface area contributed by atoms with Crippen molar-refractivity contribution >= 4 is 11.2 Å². The maximum Gasteiger partial charge on any atom is 0.453 e. The molecular formula is C13H11F6N3OS. The number of hydrogen-bond acceptors (Lipinski definition) is 3. The van der Waals surface area contributed by atoms with Crippen LogP contribution in [0.2, 0.25) is 0 Å². The van der Waals surface area contributed by atoms with E-state index in [0.29, 0.717) is 17.9 Å². The van der Waals surface area contributed by atoms with Gasteiger partial charge < -0.3 is 4.55 Å². The molecule has 24 heavy (non-hydrogen) atoms. The van der Waals surface area contributed by atoms with Crippen LogP contribution >= 0.6 is 0 Å². The fraction of sp³-hybridized carbons (Fsp3) is 0.385. The van der Waals surface area contributed by atoms with Crippen LogP contribution in [0.3, 0.4) is 0 Å². The van der Waals surface area contributed by atoms with Gasteiger partial charge in [0, 0.05) is 18.6 Å². The molecule has 0 spiro atoms. The maximum absolute atomic E-state index is 14.0. The lowest BCUT2D eigenvalue weighted by Crippen LogP contribution is -2.25. The van der Waals surface area contributed by atoms with Crippen LogP contribution in [0.15, 0.2) is 23.4 Å². The molecule has 0 aliphatic rings. The molecule has 132 valence electrons. The fourth-order valence-corrected chi connectivity index (χ4v) is 3.16. The summed E-state index contributed by atoms with van der Waals surface area (Å²) in [7, 11) is 0. The molecule has 0 bridgehead atoms. The van der Waals surface area contributed by atoms with Gasteiger partial charge in [0.05, 0.1) is 0 Å². The van der Waals surface area contributed by atoms with E-state index in [1.807, 2.05) is 0 Å². The summed E-state index contributed by atoms with van der Waals surface area (Å²) >= 11 is -2.17. The second-order valence-corrected chi connectivity index (χ2v) is 6.56. The highest BCUT2D eigenvalue weighted by molar-refractivity contribution is 7.91. The van der Waals surface area contributed by atoms with Crippen molar-refractivity contribution in [1.29, 1.82) is 0 Å². The van der Waals surface area contributed by atoms with E-state index in [1.54, 1.807) is 0 Å². The predicted octanol–water partition coefficient (Wildman–Crippen LogP) is 3.50. The summed E-state index contributed by atoms with van der Waals surface area (Å²) in [5.74, 6) is -6.65. The van der Waals surface area contributed by atoms with Gasteiger partial charge >= 0.3 is 6.18 Å². The van der Waals surface area contributed by atoms with E-state index in [1.165, 1.54) is 6.92 Å². The fourth-order valence-electron chi connectivity index (χ4n) is 1.88. The molecule has 0 aliphatic heterocycles. The van der Waals surface area contributed by atoms with Gasteiger partial charge in [0.1, 0.15) is 17.8 Å². The minimum Gasteiger partial charge on any atom is -0.611 e. The number of nitrogens with zero attached hydrogens (tertiary/aromatic N) is 3. The normalized spacial score (nSPS) is 14.0. The Hall–Kier alpha value is -1.75. The van der Waals surface area contributed by atoms with E-state index < -0.39 is 46.4 Å². The zero-order valence-electron chi connectivity index (χ0n) is 12.4. The van der Waals surface area contributed by atoms with Crippen molar-refractivity contribution < 1.29 is 30.9 Å². The van der Waals surface area contributed by atoms with E-state index in [4.69, 9.17) is 0 Å². The highest BCUT2D eigenvalue weighted by Gasteiger charge is 2.36. The summed E-state index contributed by atoms with van der Waals surface area (Å²) in [6.07, 6.45) is -4.18. The number of hydrogen-bond donors (Lipinski definition) is 0. The number of aryl methyl sites for hydroxylation is 1. The molecule has 1 atom stereocenters. The van der Waals surface area contributed by atoms with Gasteiger partial charge in [-0.1, -0.05) is 0 Å². The molecule has 0 saturated carbocycles. The number of alkyl halides is 5. The lowest BCUT2D eigenvalue weighted by Gasteiger charge is -2.17. The number of rotatable bonds is 4. The van der Waals surface area contributed by atoms with Gasteiger partial charge in [0.15, 0.2) is 10.6 Å². The van der Waals surface area contributed by atoms with Gasteiger partial charge in [-0.15, -0.1) is 5.10 Å². The molecule has 0 fully saturated rings. The molecule has 2 aromatic rings. The first-order chi connectivity index (χ1) is 10.9. The Kier molecular flexibility index (Phi) is 4.86. The average molecular weight is 371 g/mol. The summed E-state index contributed by atoms with van der Waals surface area (Å²) < 4.78 is 90.1. The van der Waals surface area contributed by atoms with Crippen LogP contribution in [-0.4, -0.2) is 31.0 Å². The van der Waals surface area contributed by atoms with Gasteiger partial charge in [-0.2, -0.15) is 13.2 Å². The van der Waals surface area contributed by atoms with Gasteiger partial charge in [-0.25, -0.2) is 22.8 Å². The van der Waals surface area contributed by atoms with Crippen molar-refractivity contribution in [3.63, 3.8) is 0 Å². The van der Waals surface area contributed by atoms with Gasteiger partial charge in [-0.05, 0) is 24.2 Å². The lowest BCUT2D eigenvalue weighted by molar-refractivity contribution is -0.144. The average Bonchev–Trinajstić information content (AvgIpc) is 2.85. The zero-order chi connectivity index (χ0) is 18.3. The van der Waals surface area contributed by atoms with Crippen molar-refractivity contribution in [1.82, 2.24) is 14.8 Å². The van der Waals surface area contributed by atoms with E-state index >= 15 is 0 Å². The van der Waals surface area contributed by atoms with Crippen LogP contribution in [0.4, 0.5) is 26.3 Å². The molecule has 1 unspecified atom stereocenters. The third kappa shape index (κ3) is 4.20. The Labute approximate surface area is 135 Å². The van der Waals surface area contributed by atoms with E-state index in [2.05, 4.69) is 10.1 Å². The Balaban J connectivity index is 2.45. The summed E-state index contributed by atoms with van der Waals surface area (Å²) in [5, 5.41) is 3.11. The topological polar surface area (TPSA) is 53.8 Å².